The average molecular weight is 324 g/mol. The molecular formula is C16H26ClN5. The minimum atomic E-state index is 0.219. The van der Waals surface area contributed by atoms with Crippen molar-refractivity contribution in [2.45, 2.75) is 33.1 Å². The van der Waals surface area contributed by atoms with E-state index in [2.05, 4.69) is 23.8 Å². The molecule has 1 aromatic carbocycles. The average Bonchev–Trinajstić information content (AvgIpc) is 2.47. The Hall–Kier alpha value is -1.75. The zero-order valence-electron chi connectivity index (χ0n) is 13.4. The van der Waals surface area contributed by atoms with Crippen LogP contribution in [0.2, 0.25) is 5.02 Å². The summed E-state index contributed by atoms with van der Waals surface area (Å²) < 4.78 is 0. The molecule has 4 N–H and O–H groups in total. The Morgan fingerprint density at radius 1 is 1.18 bits per heavy atom. The predicted octanol–water partition coefficient (Wildman–Crippen LogP) is 2.63. The minimum absolute atomic E-state index is 0.219. The number of halogens is 1. The maximum atomic E-state index is 5.99. The Morgan fingerprint density at radius 3 is 2.45 bits per heavy atom. The first kappa shape index (κ1) is 18.3. The Labute approximate surface area is 138 Å². The third-order valence-electron chi connectivity index (χ3n) is 3.10. The van der Waals surface area contributed by atoms with Crippen molar-refractivity contribution in [3.63, 3.8) is 0 Å². The van der Waals surface area contributed by atoms with Gasteiger partial charge >= 0.3 is 0 Å². The normalized spacial score (nSPS) is 12.5. The largest absolute Gasteiger partial charge is 0.369 e. The van der Waals surface area contributed by atoms with Crippen LogP contribution >= 0.6 is 11.6 Å². The van der Waals surface area contributed by atoms with Crippen LogP contribution in [0.25, 0.3) is 0 Å². The maximum absolute atomic E-state index is 5.99. The molecule has 0 aliphatic carbocycles. The highest BCUT2D eigenvalue weighted by atomic mass is 35.5. The fourth-order valence-electron chi connectivity index (χ4n) is 2.10. The summed E-state index contributed by atoms with van der Waals surface area (Å²) in [6.45, 7) is 6.53. The van der Waals surface area contributed by atoms with Gasteiger partial charge in [-0.1, -0.05) is 37.6 Å². The number of rotatable bonds is 7. The van der Waals surface area contributed by atoms with Crippen molar-refractivity contribution in [1.29, 1.82) is 0 Å². The molecule has 0 radical (unpaired) electrons. The van der Waals surface area contributed by atoms with Crippen LogP contribution in [0.15, 0.2) is 34.3 Å². The van der Waals surface area contributed by atoms with Crippen LogP contribution in [0.4, 0.5) is 0 Å². The van der Waals surface area contributed by atoms with Crippen molar-refractivity contribution in [2.24, 2.45) is 21.5 Å². The zero-order chi connectivity index (χ0) is 16.4. The van der Waals surface area contributed by atoms with Gasteiger partial charge in [0.05, 0.1) is 0 Å². The molecule has 0 heterocycles. The van der Waals surface area contributed by atoms with E-state index in [0.717, 1.165) is 42.9 Å². The van der Waals surface area contributed by atoms with Gasteiger partial charge in [0.2, 0.25) is 5.96 Å². The van der Waals surface area contributed by atoms with Crippen molar-refractivity contribution >= 4 is 23.5 Å². The lowest BCUT2D eigenvalue weighted by Crippen LogP contribution is -2.39. The summed E-state index contributed by atoms with van der Waals surface area (Å²) >= 11 is 5.94. The predicted molar refractivity (Wildman–Crippen MR) is 95.4 cm³/mol. The summed E-state index contributed by atoms with van der Waals surface area (Å²) in [7, 11) is 0. The highest BCUT2D eigenvalue weighted by molar-refractivity contribution is 6.30. The molecular weight excluding hydrogens is 298 g/mol. The van der Waals surface area contributed by atoms with Crippen molar-refractivity contribution in [2.75, 3.05) is 19.6 Å². The topological polar surface area (TPSA) is 80.0 Å². The fourth-order valence-corrected chi connectivity index (χ4v) is 2.31. The van der Waals surface area contributed by atoms with Crippen LogP contribution in [-0.2, 0) is 6.42 Å². The second-order valence-corrected chi connectivity index (χ2v) is 5.51. The smallest absolute Gasteiger partial charge is 0.218 e. The lowest BCUT2D eigenvalue weighted by molar-refractivity contribution is 0.413. The molecule has 6 heteroatoms. The van der Waals surface area contributed by atoms with E-state index >= 15 is 0 Å². The van der Waals surface area contributed by atoms with E-state index in [1.54, 1.807) is 0 Å². The maximum Gasteiger partial charge on any atom is 0.218 e. The Kier molecular flexibility index (Phi) is 8.36. The number of nitrogens with two attached hydrogens (primary N) is 2. The Morgan fingerprint density at radius 2 is 1.86 bits per heavy atom. The van der Waals surface area contributed by atoms with Gasteiger partial charge in [-0.2, -0.15) is 4.99 Å². The van der Waals surface area contributed by atoms with E-state index in [0.29, 0.717) is 12.5 Å². The van der Waals surface area contributed by atoms with E-state index in [4.69, 9.17) is 23.1 Å². The molecule has 0 aliphatic rings. The standard InChI is InChI=1S/C16H26ClN5/c1-3-10-22(11-4-2)16(19)21-15(18)20-9-8-13-6-5-7-14(17)12-13/h5-7,12H,3-4,8-11H2,1-2H3,(H4,18,19,20,21). The quantitative estimate of drug-likeness (QED) is 0.598. The molecule has 0 saturated carbocycles. The minimum Gasteiger partial charge on any atom is -0.369 e. The number of hydrogen-bond donors (Lipinski definition) is 2. The van der Waals surface area contributed by atoms with Crippen LogP contribution in [0.5, 0.6) is 0 Å². The molecule has 0 aliphatic heterocycles. The molecule has 0 bridgehead atoms. The van der Waals surface area contributed by atoms with Crippen LogP contribution in [0.3, 0.4) is 0 Å². The molecule has 122 valence electrons. The van der Waals surface area contributed by atoms with E-state index in [-0.39, 0.29) is 5.96 Å². The molecule has 0 atom stereocenters. The molecule has 0 spiro atoms. The molecule has 1 rings (SSSR count). The summed E-state index contributed by atoms with van der Waals surface area (Å²) in [5.41, 5.74) is 12.9. The SMILES string of the molecule is CCCN(CCC)C(N)=NC(N)=NCCc1cccc(Cl)c1. The summed E-state index contributed by atoms with van der Waals surface area (Å²) in [4.78, 5) is 10.5. The molecule has 0 aromatic heterocycles. The van der Waals surface area contributed by atoms with Gasteiger partial charge in [0.15, 0.2) is 5.96 Å². The summed E-state index contributed by atoms with van der Waals surface area (Å²) in [6, 6.07) is 7.71. The van der Waals surface area contributed by atoms with Gasteiger partial charge in [-0.25, -0.2) is 0 Å². The van der Waals surface area contributed by atoms with Crippen molar-refractivity contribution in [3.8, 4) is 0 Å². The lowest BCUT2D eigenvalue weighted by atomic mass is 10.1. The molecule has 0 amide bonds. The van der Waals surface area contributed by atoms with Gasteiger partial charge in [0, 0.05) is 24.7 Å². The molecule has 0 saturated heterocycles. The summed E-state index contributed by atoms with van der Waals surface area (Å²) in [6.07, 6.45) is 2.80. The highest BCUT2D eigenvalue weighted by Crippen LogP contribution is 2.10. The molecule has 0 fully saturated rings. The van der Waals surface area contributed by atoms with Crippen LogP contribution in [-0.4, -0.2) is 36.5 Å². The van der Waals surface area contributed by atoms with E-state index < -0.39 is 0 Å². The van der Waals surface area contributed by atoms with Crippen LogP contribution < -0.4 is 11.5 Å². The van der Waals surface area contributed by atoms with Crippen molar-refractivity contribution in [3.05, 3.63) is 34.9 Å². The first-order valence-electron chi connectivity index (χ1n) is 7.70. The van der Waals surface area contributed by atoms with E-state index in [1.165, 1.54) is 0 Å². The summed E-state index contributed by atoms with van der Waals surface area (Å²) in [5.74, 6) is 0.657. The molecule has 22 heavy (non-hydrogen) atoms. The molecule has 5 nitrogen and oxygen atoms in total. The number of guanidine groups is 2. The zero-order valence-corrected chi connectivity index (χ0v) is 14.2. The van der Waals surface area contributed by atoms with Gasteiger partial charge in [-0.15, -0.1) is 0 Å². The third-order valence-corrected chi connectivity index (χ3v) is 3.34. The molecule has 1 aromatic rings. The first-order chi connectivity index (χ1) is 10.6. The van der Waals surface area contributed by atoms with Crippen LogP contribution in [0, 0.1) is 0 Å². The van der Waals surface area contributed by atoms with Crippen molar-refractivity contribution < 1.29 is 0 Å². The number of aliphatic imine (C=N–C) groups is 2. The number of benzene rings is 1. The summed E-state index contributed by atoms with van der Waals surface area (Å²) in [5, 5.41) is 0.728. The Balaban J connectivity index is 2.57. The van der Waals surface area contributed by atoms with E-state index in [1.807, 2.05) is 29.2 Å². The van der Waals surface area contributed by atoms with Gasteiger partial charge in [0.25, 0.3) is 0 Å². The second-order valence-electron chi connectivity index (χ2n) is 5.08. The first-order valence-corrected chi connectivity index (χ1v) is 8.08. The van der Waals surface area contributed by atoms with E-state index in [9.17, 15) is 0 Å². The highest BCUT2D eigenvalue weighted by Gasteiger charge is 2.05. The van der Waals surface area contributed by atoms with Crippen molar-refractivity contribution in [1.82, 2.24) is 4.90 Å². The van der Waals surface area contributed by atoms with Crippen LogP contribution in [0.1, 0.15) is 32.3 Å². The lowest BCUT2D eigenvalue weighted by Gasteiger charge is -2.21. The third kappa shape index (κ3) is 6.80. The Bertz CT molecular complexity index is 507. The van der Waals surface area contributed by atoms with Gasteiger partial charge < -0.3 is 16.4 Å². The fraction of sp³-hybridized carbons (Fsp3) is 0.500. The number of nitrogens with zero attached hydrogens (tertiary/aromatic N) is 3. The monoisotopic (exact) mass is 323 g/mol. The van der Waals surface area contributed by atoms with Gasteiger partial charge in [0.1, 0.15) is 0 Å². The number of hydrogen-bond acceptors (Lipinski definition) is 1. The van der Waals surface area contributed by atoms with Gasteiger partial charge in [-0.3, -0.25) is 4.99 Å². The molecule has 0 unspecified atom stereocenters. The van der Waals surface area contributed by atoms with Gasteiger partial charge in [-0.05, 0) is 37.0 Å². The second kappa shape index (κ2) is 10.1.